The minimum atomic E-state index is -4.46. The fourth-order valence-corrected chi connectivity index (χ4v) is 2.83. The molecule has 0 aliphatic rings. The molecule has 0 saturated carbocycles. The normalized spacial score (nSPS) is 13.7. The molecule has 1 aromatic heterocycles. The number of rotatable bonds is 4. The highest BCUT2D eigenvalue weighted by atomic mass is 79.9. The summed E-state index contributed by atoms with van der Waals surface area (Å²) in [6.07, 6.45) is -4.46. The summed E-state index contributed by atoms with van der Waals surface area (Å²) in [7, 11) is 1.57. The number of thiophene rings is 1. The van der Waals surface area contributed by atoms with Gasteiger partial charge in [0, 0.05) is 27.8 Å². The highest BCUT2D eigenvalue weighted by Gasteiger charge is 2.40. The molecule has 1 aromatic rings. The van der Waals surface area contributed by atoms with Gasteiger partial charge in [0.25, 0.3) is 0 Å². The molecule has 0 aromatic carbocycles. The van der Waals surface area contributed by atoms with Gasteiger partial charge >= 0.3 is 6.18 Å². The van der Waals surface area contributed by atoms with E-state index in [1.165, 1.54) is 22.3 Å². The van der Waals surface area contributed by atoms with Crippen LogP contribution >= 0.6 is 27.3 Å². The fourth-order valence-electron chi connectivity index (χ4n) is 1.30. The zero-order valence-corrected chi connectivity index (χ0v) is 11.4. The van der Waals surface area contributed by atoms with Crippen molar-refractivity contribution in [2.75, 3.05) is 13.6 Å². The Kier molecular flexibility index (Phi) is 4.98. The lowest BCUT2D eigenvalue weighted by atomic mass is 10.1. The molecule has 1 heterocycles. The Labute approximate surface area is 110 Å². The molecule has 0 fully saturated rings. The second-order valence-corrected chi connectivity index (χ2v) is 5.56. The Morgan fingerprint density at radius 3 is 2.65 bits per heavy atom. The third-order valence-electron chi connectivity index (χ3n) is 2.09. The van der Waals surface area contributed by atoms with Crippen LogP contribution in [0.4, 0.5) is 13.2 Å². The number of nitrogens with zero attached hydrogens (tertiary/aromatic N) is 2. The number of nitriles is 1. The van der Waals surface area contributed by atoms with Crippen LogP contribution in [0.5, 0.6) is 0 Å². The topological polar surface area (TPSA) is 27.0 Å². The van der Waals surface area contributed by atoms with Crippen LogP contribution in [0.1, 0.15) is 4.88 Å². The summed E-state index contributed by atoms with van der Waals surface area (Å²) in [5.74, 6) is -1.93. The third-order valence-corrected chi connectivity index (χ3v) is 3.78. The van der Waals surface area contributed by atoms with E-state index in [4.69, 9.17) is 5.26 Å². The Hall–Kier alpha value is -0.580. The zero-order valence-electron chi connectivity index (χ0n) is 8.96. The first-order valence-electron chi connectivity index (χ1n) is 4.70. The van der Waals surface area contributed by atoms with Gasteiger partial charge in [0.15, 0.2) is 5.92 Å². The zero-order chi connectivity index (χ0) is 13.1. The molecule has 7 heteroatoms. The SMILES string of the molecule is CN(Cc1cc(Br)cs1)CC(C#N)C(F)(F)F. The first-order valence-corrected chi connectivity index (χ1v) is 6.38. The van der Waals surface area contributed by atoms with E-state index in [-0.39, 0.29) is 6.54 Å². The van der Waals surface area contributed by atoms with Gasteiger partial charge in [-0.15, -0.1) is 11.3 Å². The van der Waals surface area contributed by atoms with Gasteiger partial charge in [0.2, 0.25) is 0 Å². The van der Waals surface area contributed by atoms with Crippen LogP contribution in [0.2, 0.25) is 0 Å². The van der Waals surface area contributed by atoms with Crippen molar-refractivity contribution in [1.29, 1.82) is 5.26 Å². The third kappa shape index (κ3) is 4.66. The summed E-state index contributed by atoms with van der Waals surface area (Å²) >= 11 is 4.75. The maximum absolute atomic E-state index is 12.4. The molecule has 2 nitrogen and oxygen atoms in total. The van der Waals surface area contributed by atoms with Crippen molar-refractivity contribution in [3.8, 4) is 6.07 Å². The minimum Gasteiger partial charge on any atom is -0.300 e. The monoisotopic (exact) mass is 326 g/mol. The molecule has 0 saturated heterocycles. The van der Waals surface area contributed by atoms with Gasteiger partial charge in [-0.3, -0.25) is 4.90 Å². The van der Waals surface area contributed by atoms with Crippen molar-refractivity contribution in [2.24, 2.45) is 5.92 Å². The van der Waals surface area contributed by atoms with E-state index >= 15 is 0 Å². The summed E-state index contributed by atoms with van der Waals surface area (Å²) in [6.45, 7) is 0.0973. The van der Waals surface area contributed by atoms with Crippen molar-refractivity contribution in [1.82, 2.24) is 4.90 Å². The molecule has 0 aliphatic heterocycles. The van der Waals surface area contributed by atoms with Crippen LogP contribution in [0.15, 0.2) is 15.9 Å². The molecule has 0 bridgehead atoms. The Morgan fingerprint density at radius 2 is 2.24 bits per heavy atom. The molecule has 94 valence electrons. The molecule has 0 spiro atoms. The summed E-state index contributed by atoms with van der Waals surface area (Å²) in [5.41, 5.74) is 0. The van der Waals surface area contributed by atoms with E-state index in [9.17, 15) is 13.2 Å². The van der Waals surface area contributed by atoms with Crippen LogP contribution in [0, 0.1) is 17.2 Å². The molecule has 1 rings (SSSR count). The first kappa shape index (κ1) is 14.5. The maximum Gasteiger partial charge on any atom is 0.405 e. The number of hydrogen-bond acceptors (Lipinski definition) is 3. The molecule has 0 aliphatic carbocycles. The van der Waals surface area contributed by atoms with Crippen LogP contribution in [0.25, 0.3) is 0 Å². The lowest BCUT2D eigenvalue weighted by molar-refractivity contribution is -0.162. The molecule has 1 unspecified atom stereocenters. The van der Waals surface area contributed by atoms with E-state index in [1.807, 2.05) is 11.4 Å². The summed E-state index contributed by atoms with van der Waals surface area (Å²) in [4.78, 5) is 2.46. The van der Waals surface area contributed by atoms with Crippen molar-refractivity contribution in [3.05, 3.63) is 20.8 Å². The summed E-state index contributed by atoms with van der Waals surface area (Å²) < 4.78 is 38.0. The van der Waals surface area contributed by atoms with Gasteiger partial charge in [-0.2, -0.15) is 18.4 Å². The maximum atomic E-state index is 12.4. The average molecular weight is 327 g/mol. The number of alkyl halides is 3. The lowest BCUT2D eigenvalue weighted by Crippen LogP contribution is -2.33. The van der Waals surface area contributed by atoms with Crippen molar-refractivity contribution in [2.45, 2.75) is 12.7 Å². The van der Waals surface area contributed by atoms with Gasteiger partial charge in [0.05, 0.1) is 6.07 Å². The van der Waals surface area contributed by atoms with E-state index in [0.717, 1.165) is 9.35 Å². The molecular formula is C10H10BrF3N2S. The van der Waals surface area contributed by atoms with Gasteiger partial charge in [0.1, 0.15) is 0 Å². The molecule has 0 N–H and O–H groups in total. The molecule has 1 atom stereocenters. The largest absolute Gasteiger partial charge is 0.405 e. The summed E-state index contributed by atoms with van der Waals surface area (Å²) in [5, 5.41) is 10.3. The Bertz CT molecular complexity index is 410. The molecule has 17 heavy (non-hydrogen) atoms. The second kappa shape index (κ2) is 5.85. The standard InChI is InChI=1S/C10H10BrF3N2S/c1-16(4-7(3-15)10(12,13)14)5-9-2-8(11)6-17-9/h2,6-7H,4-5H2,1H3. The predicted molar refractivity (Wildman–Crippen MR) is 63.5 cm³/mol. The smallest absolute Gasteiger partial charge is 0.300 e. The van der Waals surface area contributed by atoms with Crippen LogP contribution in [-0.4, -0.2) is 24.7 Å². The van der Waals surface area contributed by atoms with Crippen LogP contribution < -0.4 is 0 Å². The van der Waals surface area contributed by atoms with E-state index in [1.54, 1.807) is 7.05 Å². The summed E-state index contributed by atoms with van der Waals surface area (Å²) in [6, 6.07) is 3.15. The Morgan fingerprint density at radius 1 is 1.59 bits per heavy atom. The second-order valence-electron chi connectivity index (χ2n) is 3.65. The van der Waals surface area contributed by atoms with Crippen LogP contribution in [0.3, 0.4) is 0 Å². The number of hydrogen-bond donors (Lipinski definition) is 0. The van der Waals surface area contributed by atoms with Crippen molar-refractivity contribution < 1.29 is 13.2 Å². The van der Waals surface area contributed by atoms with Crippen molar-refractivity contribution in [3.63, 3.8) is 0 Å². The van der Waals surface area contributed by atoms with E-state index in [2.05, 4.69) is 15.9 Å². The highest BCUT2D eigenvalue weighted by molar-refractivity contribution is 9.10. The molecular weight excluding hydrogens is 317 g/mol. The van der Waals surface area contributed by atoms with Gasteiger partial charge in [-0.25, -0.2) is 0 Å². The van der Waals surface area contributed by atoms with Gasteiger partial charge in [-0.1, -0.05) is 0 Å². The van der Waals surface area contributed by atoms with E-state index in [0.29, 0.717) is 6.54 Å². The Balaban J connectivity index is 2.55. The van der Waals surface area contributed by atoms with Crippen LogP contribution in [-0.2, 0) is 6.54 Å². The first-order chi connectivity index (χ1) is 7.82. The van der Waals surface area contributed by atoms with Crippen molar-refractivity contribution >= 4 is 27.3 Å². The molecule has 0 radical (unpaired) electrons. The highest BCUT2D eigenvalue weighted by Crippen LogP contribution is 2.27. The van der Waals surface area contributed by atoms with Gasteiger partial charge < -0.3 is 0 Å². The lowest BCUT2D eigenvalue weighted by Gasteiger charge is -2.20. The predicted octanol–water partition coefficient (Wildman–Crippen LogP) is 3.64. The average Bonchev–Trinajstić information content (AvgIpc) is 2.58. The quantitative estimate of drug-likeness (QED) is 0.844. The minimum absolute atomic E-state index is 0.310. The fraction of sp³-hybridized carbons (Fsp3) is 0.500. The number of halogens is 4. The van der Waals surface area contributed by atoms with E-state index < -0.39 is 12.1 Å². The van der Waals surface area contributed by atoms with Gasteiger partial charge in [-0.05, 0) is 29.0 Å². The molecule has 0 amide bonds.